The molecule has 0 saturated carbocycles. The minimum absolute atomic E-state index is 0. The molecule has 4 nitrogen and oxygen atoms in total. The molecule has 124 valence electrons. The van der Waals surface area contributed by atoms with Crippen molar-refractivity contribution in [2.45, 2.75) is 0 Å². The van der Waals surface area contributed by atoms with Gasteiger partial charge in [-0.15, -0.1) is 12.4 Å². The number of pyridine rings is 2. The molecular weight excluding hydrogens is 329 g/mol. The van der Waals surface area contributed by atoms with E-state index in [1.54, 1.807) is 6.20 Å². The first-order chi connectivity index (χ1) is 11.3. The first-order valence-electron chi connectivity index (χ1n) is 7.23. The zero-order chi connectivity index (χ0) is 16.1. The van der Waals surface area contributed by atoms with Crippen LogP contribution in [-0.4, -0.2) is 23.1 Å². The second-order valence-corrected chi connectivity index (χ2v) is 5.03. The second-order valence-electron chi connectivity index (χ2n) is 5.03. The van der Waals surface area contributed by atoms with Gasteiger partial charge in [0.2, 0.25) is 0 Å². The average molecular weight is 346 g/mol. The van der Waals surface area contributed by atoms with Crippen LogP contribution in [0.1, 0.15) is 0 Å². The highest BCUT2D eigenvalue weighted by molar-refractivity contribution is 5.85. The SMILES string of the molecule is Cl.NC/C(=C\F)COc1ccc2nc(-c3ccccn3)ccc2c1. The summed E-state index contributed by atoms with van der Waals surface area (Å²) in [5, 5.41) is 0.945. The zero-order valence-electron chi connectivity index (χ0n) is 12.9. The fourth-order valence-electron chi connectivity index (χ4n) is 2.16. The Morgan fingerprint density at radius 2 is 2.00 bits per heavy atom. The molecule has 2 N–H and O–H groups in total. The summed E-state index contributed by atoms with van der Waals surface area (Å²) in [6, 6.07) is 15.2. The van der Waals surface area contributed by atoms with E-state index in [0.717, 1.165) is 22.3 Å². The molecule has 3 aromatic rings. The molecule has 0 radical (unpaired) electrons. The summed E-state index contributed by atoms with van der Waals surface area (Å²) in [6.07, 6.45) is 2.23. The molecule has 3 rings (SSSR count). The van der Waals surface area contributed by atoms with Crippen LogP contribution in [-0.2, 0) is 0 Å². The van der Waals surface area contributed by atoms with Crippen LogP contribution in [0.25, 0.3) is 22.3 Å². The molecule has 0 aliphatic heterocycles. The lowest BCUT2D eigenvalue weighted by Crippen LogP contribution is -2.10. The third-order valence-corrected chi connectivity index (χ3v) is 3.43. The summed E-state index contributed by atoms with van der Waals surface area (Å²) >= 11 is 0. The zero-order valence-corrected chi connectivity index (χ0v) is 13.7. The third-order valence-electron chi connectivity index (χ3n) is 3.43. The molecule has 0 aliphatic rings. The van der Waals surface area contributed by atoms with E-state index in [9.17, 15) is 4.39 Å². The van der Waals surface area contributed by atoms with E-state index < -0.39 is 0 Å². The number of aromatic nitrogens is 2. The predicted octanol–water partition coefficient (Wildman–Crippen LogP) is 3.91. The number of ether oxygens (including phenoxy) is 1. The topological polar surface area (TPSA) is 61.0 Å². The number of halogens is 2. The van der Waals surface area contributed by atoms with Crippen molar-refractivity contribution < 1.29 is 9.13 Å². The van der Waals surface area contributed by atoms with Crippen LogP contribution >= 0.6 is 12.4 Å². The fourth-order valence-corrected chi connectivity index (χ4v) is 2.16. The van der Waals surface area contributed by atoms with Crippen molar-refractivity contribution >= 4 is 23.3 Å². The predicted molar refractivity (Wildman–Crippen MR) is 96.0 cm³/mol. The fraction of sp³-hybridized carbons (Fsp3) is 0.111. The first kappa shape index (κ1) is 17.8. The Bertz CT molecular complexity index is 840. The van der Waals surface area contributed by atoms with Gasteiger partial charge in [0.15, 0.2) is 0 Å². The molecule has 2 heterocycles. The highest BCUT2D eigenvalue weighted by atomic mass is 35.5. The summed E-state index contributed by atoms with van der Waals surface area (Å²) in [6.45, 7) is 0.275. The van der Waals surface area contributed by atoms with E-state index >= 15 is 0 Å². The standard InChI is InChI=1S/C18H16FN3O.ClH/c19-10-13(11-20)12-23-15-5-7-16-14(9-15)4-6-18(22-16)17-3-1-2-8-21-17;/h1-10H,11-12,20H2;1H/b13-10+;. The Morgan fingerprint density at radius 1 is 1.12 bits per heavy atom. The summed E-state index contributed by atoms with van der Waals surface area (Å²) < 4.78 is 18.0. The van der Waals surface area contributed by atoms with Gasteiger partial charge in [-0.3, -0.25) is 4.98 Å². The van der Waals surface area contributed by atoms with Gasteiger partial charge in [-0.25, -0.2) is 9.37 Å². The van der Waals surface area contributed by atoms with Crippen molar-refractivity contribution in [1.82, 2.24) is 9.97 Å². The van der Waals surface area contributed by atoms with Gasteiger partial charge in [0.05, 0.1) is 23.2 Å². The number of benzene rings is 1. The van der Waals surface area contributed by atoms with Crippen molar-refractivity contribution in [2.75, 3.05) is 13.2 Å². The Morgan fingerprint density at radius 3 is 2.71 bits per heavy atom. The molecule has 0 aliphatic carbocycles. The van der Waals surface area contributed by atoms with Crippen molar-refractivity contribution in [1.29, 1.82) is 0 Å². The lowest BCUT2D eigenvalue weighted by atomic mass is 10.1. The van der Waals surface area contributed by atoms with Gasteiger partial charge < -0.3 is 10.5 Å². The van der Waals surface area contributed by atoms with Gasteiger partial charge in [-0.2, -0.15) is 0 Å². The van der Waals surface area contributed by atoms with Crippen molar-refractivity contribution in [3.63, 3.8) is 0 Å². The van der Waals surface area contributed by atoms with E-state index in [0.29, 0.717) is 17.7 Å². The van der Waals surface area contributed by atoms with Crippen LogP contribution in [0.3, 0.4) is 0 Å². The first-order valence-corrected chi connectivity index (χ1v) is 7.23. The monoisotopic (exact) mass is 345 g/mol. The highest BCUT2D eigenvalue weighted by Crippen LogP contribution is 2.23. The van der Waals surface area contributed by atoms with Crippen LogP contribution in [0.5, 0.6) is 5.75 Å². The minimum Gasteiger partial charge on any atom is -0.489 e. The molecule has 6 heteroatoms. The average Bonchev–Trinajstić information content (AvgIpc) is 2.63. The van der Waals surface area contributed by atoms with Crippen molar-refractivity contribution in [3.05, 3.63) is 66.6 Å². The quantitative estimate of drug-likeness (QED) is 0.761. The minimum atomic E-state index is 0. The number of hydrogen-bond acceptors (Lipinski definition) is 4. The van der Waals surface area contributed by atoms with Crippen LogP contribution in [0.4, 0.5) is 4.39 Å². The summed E-state index contributed by atoms with van der Waals surface area (Å²) in [4.78, 5) is 8.90. The van der Waals surface area contributed by atoms with Crippen LogP contribution in [0.2, 0.25) is 0 Å². The number of rotatable bonds is 5. The van der Waals surface area contributed by atoms with E-state index in [1.165, 1.54) is 0 Å². The van der Waals surface area contributed by atoms with Crippen LogP contribution in [0, 0.1) is 0 Å². The highest BCUT2D eigenvalue weighted by Gasteiger charge is 2.04. The lowest BCUT2D eigenvalue weighted by molar-refractivity contribution is 0.348. The smallest absolute Gasteiger partial charge is 0.120 e. The molecule has 1 aromatic carbocycles. The number of nitrogens with two attached hydrogens (primary N) is 1. The molecule has 0 spiro atoms. The Labute approximate surface area is 145 Å². The van der Waals surface area contributed by atoms with E-state index in [2.05, 4.69) is 9.97 Å². The molecular formula is C18H17ClFN3O. The van der Waals surface area contributed by atoms with E-state index in [4.69, 9.17) is 10.5 Å². The van der Waals surface area contributed by atoms with Crippen molar-refractivity contribution in [2.24, 2.45) is 5.73 Å². The molecule has 0 fully saturated rings. The van der Waals surface area contributed by atoms with Crippen molar-refractivity contribution in [3.8, 4) is 17.1 Å². The molecule has 0 bridgehead atoms. The van der Waals surface area contributed by atoms with Gasteiger partial charge in [0, 0.05) is 23.7 Å². The molecule has 24 heavy (non-hydrogen) atoms. The second kappa shape index (κ2) is 8.38. The number of fused-ring (bicyclic) bond motifs is 1. The Balaban J connectivity index is 0.00000208. The van der Waals surface area contributed by atoms with Gasteiger partial charge in [0.25, 0.3) is 0 Å². The summed E-state index contributed by atoms with van der Waals surface area (Å²) in [5.74, 6) is 0.651. The van der Waals surface area contributed by atoms with Gasteiger partial charge in [-0.1, -0.05) is 12.1 Å². The Hall–Kier alpha value is -2.50. The number of nitrogens with zero attached hydrogens (tertiary/aromatic N) is 2. The lowest BCUT2D eigenvalue weighted by Gasteiger charge is -2.08. The number of hydrogen-bond donors (Lipinski definition) is 1. The summed E-state index contributed by atoms with van der Waals surface area (Å²) in [5.41, 5.74) is 8.31. The molecule has 0 amide bonds. The molecule has 2 aromatic heterocycles. The van der Waals surface area contributed by atoms with Gasteiger partial charge in [-0.05, 0) is 36.4 Å². The summed E-state index contributed by atoms with van der Waals surface area (Å²) in [7, 11) is 0. The van der Waals surface area contributed by atoms with Crippen LogP contribution < -0.4 is 10.5 Å². The van der Waals surface area contributed by atoms with E-state index in [-0.39, 0.29) is 25.6 Å². The van der Waals surface area contributed by atoms with Crippen LogP contribution in [0.15, 0.2) is 66.6 Å². The largest absolute Gasteiger partial charge is 0.489 e. The molecule has 0 atom stereocenters. The maximum atomic E-state index is 12.5. The normalized spacial score (nSPS) is 11.2. The molecule has 0 saturated heterocycles. The third kappa shape index (κ3) is 4.07. The van der Waals surface area contributed by atoms with Gasteiger partial charge in [0.1, 0.15) is 12.4 Å². The maximum absolute atomic E-state index is 12.5. The van der Waals surface area contributed by atoms with Gasteiger partial charge >= 0.3 is 0 Å². The molecule has 0 unspecified atom stereocenters. The maximum Gasteiger partial charge on any atom is 0.120 e. The van der Waals surface area contributed by atoms with E-state index in [1.807, 2.05) is 48.5 Å². The Kier molecular flexibility index (Phi) is 6.23.